The Morgan fingerprint density at radius 1 is 1.23 bits per heavy atom. The van der Waals surface area contributed by atoms with Crippen LogP contribution in [-0.2, 0) is 13.1 Å². The summed E-state index contributed by atoms with van der Waals surface area (Å²) in [5.74, 6) is 2.68. The Morgan fingerprint density at radius 2 is 2.10 bits per heavy atom. The lowest BCUT2D eigenvalue weighted by atomic mass is 10.2. The number of nitrogens with one attached hydrogen (secondary N) is 3. The van der Waals surface area contributed by atoms with Crippen LogP contribution in [0.25, 0.3) is 11.6 Å². The molecule has 1 aliphatic heterocycles. The highest BCUT2D eigenvalue weighted by Crippen LogP contribution is 2.19. The average molecular weight is 535 g/mol. The van der Waals surface area contributed by atoms with E-state index in [-0.39, 0.29) is 24.0 Å². The number of hydrogen-bond donors (Lipinski definition) is 3. The van der Waals surface area contributed by atoms with Gasteiger partial charge in [-0.3, -0.25) is 10.00 Å². The number of guanidine groups is 1. The molecule has 0 saturated carbocycles. The van der Waals surface area contributed by atoms with Gasteiger partial charge < -0.3 is 15.1 Å². The average Bonchev–Trinajstić information content (AvgIpc) is 3.53. The third-order valence-corrected chi connectivity index (χ3v) is 5.24. The Kier molecular flexibility index (Phi) is 8.89. The number of likely N-dealkylation sites (tertiary alicyclic amines) is 1. The van der Waals surface area contributed by atoms with Crippen LogP contribution < -0.4 is 10.6 Å². The number of furan rings is 1. The third-order valence-electron chi connectivity index (χ3n) is 5.24. The predicted molar refractivity (Wildman–Crippen MR) is 132 cm³/mol. The zero-order chi connectivity index (χ0) is 20.6. The van der Waals surface area contributed by atoms with Gasteiger partial charge in [0.15, 0.2) is 11.7 Å². The minimum atomic E-state index is 0. The molecule has 166 valence electrons. The van der Waals surface area contributed by atoms with Gasteiger partial charge >= 0.3 is 0 Å². The van der Waals surface area contributed by atoms with Gasteiger partial charge in [0.1, 0.15) is 12.4 Å². The van der Waals surface area contributed by atoms with E-state index >= 15 is 0 Å². The molecule has 0 spiro atoms. The molecule has 1 atom stereocenters. The fourth-order valence-electron chi connectivity index (χ4n) is 3.74. The summed E-state index contributed by atoms with van der Waals surface area (Å²) in [7, 11) is 0. The highest BCUT2D eigenvalue weighted by atomic mass is 127. The Hall–Kier alpha value is -2.40. The molecule has 1 unspecified atom stereocenters. The quantitative estimate of drug-likeness (QED) is 0.233. The number of benzene rings is 1. The topological polar surface area (TPSA) is 94.4 Å². The van der Waals surface area contributed by atoms with Crippen molar-refractivity contribution in [3.05, 3.63) is 60.1 Å². The second kappa shape index (κ2) is 11.8. The molecule has 1 aliphatic rings. The molecule has 0 amide bonds. The van der Waals surface area contributed by atoms with Gasteiger partial charge in [-0.1, -0.05) is 30.3 Å². The second-order valence-corrected chi connectivity index (χ2v) is 7.41. The lowest BCUT2D eigenvalue weighted by Gasteiger charge is -2.25. The first-order valence-corrected chi connectivity index (χ1v) is 10.6. The van der Waals surface area contributed by atoms with Crippen molar-refractivity contribution in [1.29, 1.82) is 0 Å². The Labute approximate surface area is 199 Å². The van der Waals surface area contributed by atoms with Gasteiger partial charge in [-0.2, -0.15) is 0 Å². The molecular weight excluding hydrogens is 505 g/mol. The minimum Gasteiger partial charge on any atom is -0.461 e. The maximum Gasteiger partial charge on any atom is 0.216 e. The first-order chi connectivity index (χ1) is 14.8. The normalized spacial score (nSPS) is 16.8. The number of rotatable bonds is 8. The first-order valence-electron chi connectivity index (χ1n) is 10.6. The number of H-pyrrole nitrogens is 1. The molecular formula is C22H30IN7O. The van der Waals surface area contributed by atoms with Gasteiger partial charge in [-0.05, 0) is 44.0 Å². The van der Waals surface area contributed by atoms with E-state index in [4.69, 9.17) is 4.42 Å². The molecule has 31 heavy (non-hydrogen) atoms. The molecule has 1 saturated heterocycles. The SMILES string of the molecule is CCNC(=NCc1nc(-c2ccco2)n[nH]1)NCC1CCCN1Cc1ccccc1.I. The van der Waals surface area contributed by atoms with Crippen molar-refractivity contribution in [2.45, 2.75) is 38.9 Å². The Bertz CT molecular complexity index is 927. The van der Waals surface area contributed by atoms with Crippen molar-refractivity contribution in [1.82, 2.24) is 30.7 Å². The molecule has 3 heterocycles. The van der Waals surface area contributed by atoms with Crippen LogP contribution in [0.15, 0.2) is 58.1 Å². The number of aromatic nitrogens is 3. The van der Waals surface area contributed by atoms with Crippen molar-refractivity contribution in [3.8, 4) is 11.6 Å². The van der Waals surface area contributed by atoms with Crippen molar-refractivity contribution in [2.24, 2.45) is 4.99 Å². The summed E-state index contributed by atoms with van der Waals surface area (Å²) < 4.78 is 5.34. The van der Waals surface area contributed by atoms with Crippen LogP contribution in [0.3, 0.4) is 0 Å². The molecule has 0 aliphatic carbocycles. The molecule has 9 heteroatoms. The zero-order valence-corrected chi connectivity index (χ0v) is 20.1. The fourth-order valence-corrected chi connectivity index (χ4v) is 3.74. The molecule has 3 aromatic rings. The molecule has 4 rings (SSSR count). The molecule has 0 bridgehead atoms. The molecule has 8 nitrogen and oxygen atoms in total. The molecule has 0 radical (unpaired) electrons. The first kappa shape index (κ1) is 23.3. The number of hydrogen-bond acceptors (Lipinski definition) is 5. The van der Waals surface area contributed by atoms with Gasteiger partial charge in [0.2, 0.25) is 5.82 Å². The highest BCUT2D eigenvalue weighted by Gasteiger charge is 2.24. The smallest absolute Gasteiger partial charge is 0.216 e. The summed E-state index contributed by atoms with van der Waals surface area (Å²) in [5, 5.41) is 13.9. The number of halogens is 1. The monoisotopic (exact) mass is 535 g/mol. The third kappa shape index (κ3) is 6.54. The summed E-state index contributed by atoms with van der Waals surface area (Å²) in [6.07, 6.45) is 4.05. The maximum absolute atomic E-state index is 5.34. The van der Waals surface area contributed by atoms with E-state index in [1.807, 2.05) is 12.1 Å². The summed E-state index contributed by atoms with van der Waals surface area (Å²) in [6.45, 7) is 6.29. The summed E-state index contributed by atoms with van der Waals surface area (Å²) in [5.41, 5.74) is 1.36. The highest BCUT2D eigenvalue weighted by molar-refractivity contribution is 14.0. The van der Waals surface area contributed by atoms with Crippen LogP contribution in [0.5, 0.6) is 0 Å². The van der Waals surface area contributed by atoms with Crippen molar-refractivity contribution in [2.75, 3.05) is 19.6 Å². The molecule has 3 N–H and O–H groups in total. The summed E-state index contributed by atoms with van der Waals surface area (Å²) in [6, 6.07) is 14.8. The predicted octanol–water partition coefficient (Wildman–Crippen LogP) is 3.40. The van der Waals surface area contributed by atoms with Crippen LogP contribution in [0.2, 0.25) is 0 Å². The van der Waals surface area contributed by atoms with E-state index in [1.165, 1.54) is 18.4 Å². The van der Waals surface area contributed by atoms with Crippen LogP contribution in [0, 0.1) is 0 Å². The van der Waals surface area contributed by atoms with Crippen LogP contribution in [-0.4, -0.2) is 51.7 Å². The van der Waals surface area contributed by atoms with E-state index in [2.05, 4.69) is 73.0 Å². The Balaban J connectivity index is 0.00000272. The van der Waals surface area contributed by atoms with Crippen molar-refractivity contribution < 1.29 is 4.42 Å². The van der Waals surface area contributed by atoms with E-state index in [0.717, 1.165) is 32.1 Å². The lowest BCUT2D eigenvalue weighted by molar-refractivity contribution is 0.245. The van der Waals surface area contributed by atoms with E-state index < -0.39 is 0 Å². The van der Waals surface area contributed by atoms with Crippen LogP contribution >= 0.6 is 24.0 Å². The zero-order valence-electron chi connectivity index (χ0n) is 17.8. The largest absolute Gasteiger partial charge is 0.461 e. The van der Waals surface area contributed by atoms with Gasteiger partial charge in [0.05, 0.1) is 6.26 Å². The number of nitrogens with zero attached hydrogens (tertiary/aromatic N) is 4. The van der Waals surface area contributed by atoms with Gasteiger partial charge in [0, 0.05) is 25.7 Å². The lowest BCUT2D eigenvalue weighted by Crippen LogP contribution is -2.44. The van der Waals surface area contributed by atoms with E-state index in [0.29, 0.717) is 30.0 Å². The molecule has 2 aromatic heterocycles. The fraction of sp³-hybridized carbons (Fsp3) is 0.409. The van der Waals surface area contributed by atoms with Crippen LogP contribution in [0.1, 0.15) is 31.2 Å². The second-order valence-electron chi connectivity index (χ2n) is 7.41. The van der Waals surface area contributed by atoms with E-state index in [1.54, 1.807) is 6.26 Å². The van der Waals surface area contributed by atoms with E-state index in [9.17, 15) is 0 Å². The van der Waals surface area contributed by atoms with Gasteiger partial charge in [-0.25, -0.2) is 9.98 Å². The number of aliphatic imine (C=N–C) groups is 1. The van der Waals surface area contributed by atoms with Crippen LogP contribution in [0.4, 0.5) is 0 Å². The maximum atomic E-state index is 5.34. The van der Waals surface area contributed by atoms with Crippen molar-refractivity contribution in [3.63, 3.8) is 0 Å². The minimum absolute atomic E-state index is 0. The molecule has 1 aromatic carbocycles. The standard InChI is InChI=1S/C22H29N7O.HI/c1-2-23-22(25-15-20-26-21(28-27-20)19-11-7-13-30-19)24-14-18-10-6-12-29(18)16-17-8-4-3-5-9-17;/h3-5,7-9,11,13,18H,2,6,10,12,14-16H2,1H3,(H2,23,24,25)(H,26,27,28);1H. The summed E-state index contributed by atoms with van der Waals surface area (Å²) >= 11 is 0. The van der Waals surface area contributed by atoms with Gasteiger partial charge in [-0.15, -0.1) is 29.1 Å². The van der Waals surface area contributed by atoms with Crippen molar-refractivity contribution >= 4 is 29.9 Å². The Morgan fingerprint density at radius 3 is 2.87 bits per heavy atom. The number of aromatic amines is 1. The molecule has 1 fully saturated rings. The summed E-state index contributed by atoms with van der Waals surface area (Å²) in [4.78, 5) is 11.7. The van der Waals surface area contributed by atoms with Gasteiger partial charge in [0.25, 0.3) is 0 Å².